The molecule has 6 nitrogen and oxygen atoms in total. The largest absolute Gasteiger partial charge is 0.486 e. The average Bonchev–Trinajstić information content (AvgIpc) is 3.02. The van der Waals surface area contributed by atoms with Crippen molar-refractivity contribution in [3.8, 4) is 0 Å². The summed E-state index contributed by atoms with van der Waals surface area (Å²) in [6.07, 6.45) is 26.7. The van der Waals surface area contributed by atoms with Crippen molar-refractivity contribution < 1.29 is 28.5 Å². The standard InChI is InChI=1S/C38H68O6/c1-5-9-13-17-21-25-29-41-35-33(39)37(43-31-27-23-19-15-11-7-3)38(44-32-28-24-20-16-12-8-4)34(40)36(35)42-30-26-22-18-14-10-6-2/h5-32H2,1-4H3. The predicted molar refractivity (Wildman–Crippen MR) is 181 cm³/mol. The van der Waals surface area contributed by atoms with Gasteiger partial charge in [0.1, 0.15) is 0 Å². The molecular weight excluding hydrogens is 552 g/mol. The molecule has 0 unspecified atom stereocenters. The number of ketones is 2. The van der Waals surface area contributed by atoms with E-state index in [2.05, 4.69) is 27.7 Å². The molecule has 6 heteroatoms. The van der Waals surface area contributed by atoms with Crippen molar-refractivity contribution >= 4 is 11.6 Å². The monoisotopic (exact) mass is 621 g/mol. The van der Waals surface area contributed by atoms with Crippen LogP contribution in [0.4, 0.5) is 0 Å². The molecule has 0 amide bonds. The van der Waals surface area contributed by atoms with Crippen LogP contribution < -0.4 is 0 Å². The van der Waals surface area contributed by atoms with Crippen LogP contribution in [0.5, 0.6) is 0 Å². The van der Waals surface area contributed by atoms with Crippen molar-refractivity contribution in [3.63, 3.8) is 0 Å². The number of hydrogen-bond acceptors (Lipinski definition) is 6. The Bertz CT molecular complexity index is 673. The lowest BCUT2D eigenvalue weighted by Gasteiger charge is -2.24. The van der Waals surface area contributed by atoms with Crippen LogP contribution in [0.2, 0.25) is 0 Å². The molecule has 0 saturated carbocycles. The molecule has 0 bridgehead atoms. The molecule has 0 N–H and O–H groups in total. The molecule has 0 radical (unpaired) electrons. The highest BCUT2D eigenvalue weighted by atomic mass is 16.5. The molecule has 1 aliphatic rings. The summed E-state index contributed by atoms with van der Waals surface area (Å²) < 4.78 is 24.2. The maximum atomic E-state index is 13.8. The summed E-state index contributed by atoms with van der Waals surface area (Å²) in [4.78, 5) is 27.7. The molecule has 256 valence electrons. The van der Waals surface area contributed by atoms with Crippen LogP contribution in [0.25, 0.3) is 0 Å². The third-order valence-corrected chi connectivity index (χ3v) is 8.21. The molecule has 0 aromatic heterocycles. The lowest BCUT2D eigenvalue weighted by Crippen LogP contribution is -2.30. The van der Waals surface area contributed by atoms with Gasteiger partial charge in [-0.25, -0.2) is 0 Å². The highest BCUT2D eigenvalue weighted by Gasteiger charge is 2.40. The highest BCUT2D eigenvalue weighted by Crippen LogP contribution is 2.29. The molecule has 44 heavy (non-hydrogen) atoms. The SMILES string of the molecule is CCCCCCCCOC1=C(OCCCCCCCC)C(=O)C(OCCCCCCCC)=C(OCCCCCCCC)C1=O. The van der Waals surface area contributed by atoms with Gasteiger partial charge in [0.15, 0.2) is 0 Å². The number of hydrogen-bond donors (Lipinski definition) is 0. The minimum Gasteiger partial charge on any atom is -0.486 e. The van der Waals surface area contributed by atoms with Gasteiger partial charge in [-0.1, -0.05) is 156 Å². The van der Waals surface area contributed by atoms with Crippen LogP contribution in [0, 0.1) is 0 Å². The zero-order chi connectivity index (χ0) is 32.1. The van der Waals surface area contributed by atoms with E-state index in [1.165, 1.54) is 77.0 Å². The number of Topliss-reactive ketones (excluding diaryl/α,β-unsaturated/α-hetero) is 2. The van der Waals surface area contributed by atoms with Gasteiger partial charge in [-0.15, -0.1) is 0 Å². The zero-order valence-corrected chi connectivity index (χ0v) is 29.2. The molecule has 0 fully saturated rings. The number of unbranched alkanes of at least 4 members (excludes halogenated alkanes) is 20. The maximum absolute atomic E-state index is 13.8. The van der Waals surface area contributed by atoms with Crippen molar-refractivity contribution in [3.05, 3.63) is 23.0 Å². The van der Waals surface area contributed by atoms with Gasteiger partial charge in [-0.2, -0.15) is 0 Å². The van der Waals surface area contributed by atoms with E-state index in [4.69, 9.17) is 18.9 Å². The van der Waals surface area contributed by atoms with E-state index in [-0.39, 0.29) is 23.0 Å². The van der Waals surface area contributed by atoms with Gasteiger partial charge in [0.25, 0.3) is 11.6 Å². The van der Waals surface area contributed by atoms with Crippen molar-refractivity contribution in [2.24, 2.45) is 0 Å². The van der Waals surface area contributed by atoms with Crippen molar-refractivity contribution in [2.75, 3.05) is 26.4 Å². The Morgan fingerprint density at radius 3 is 0.682 bits per heavy atom. The Balaban J connectivity index is 2.97. The van der Waals surface area contributed by atoms with E-state index in [0.717, 1.165) is 77.0 Å². The predicted octanol–water partition coefficient (Wildman–Crippen LogP) is 11.1. The maximum Gasteiger partial charge on any atom is 0.270 e. The van der Waals surface area contributed by atoms with Gasteiger partial charge in [-0.3, -0.25) is 9.59 Å². The van der Waals surface area contributed by atoms with Gasteiger partial charge in [0.2, 0.25) is 23.0 Å². The van der Waals surface area contributed by atoms with Gasteiger partial charge in [0.05, 0.1) is 26.4 Å². The van der Waals surface area contributed by atoms with Gasteiger partial charge < -0.3 is 18.9 Å². The fourth-order valence-corrected chi connectivity index (χ4v) is 5.37. The normalized spacial score (nSPS) is 13.6. The molecule has 0 atom stereocenters. The molecular formula is C38H68O6. The Labute approximate surface area is 271 Å². The van der Waals surface area contributed by atoms with Gasteiger partial charge >= 0.3 is 0 Å². The van der Waals surface area contributed by atoms with Crippen LogP contribution >= 0.6 is 0 Å². The first-order valence-corrected chi connectivity index (χ1v) is 18.7. The van der Waals surface area contributed by atoms with E-state index in [0.29, 0.717) is 26.4 Å². The van der Waals surface area contributed by atoms with Crippen LogP contribution in [0.15, 0.2) is 23.0 Å². The van der Waals surface area contributed by atoms with Gasteiger partial charge in [0, 0.05) is 0 Å². The topological polar surface area (TPSA) is 71.1 Å². The summed E-state index contributed by atoms with van der Waals surface area (Å²) in [5, 5.41) is 0. The fraction of sp³-hybridized carbons (Fsp3) is 0.842. The second-order valence-corrected chi connectivity index (χ2v) is 12.4. The van der Waals surface area contributed by atoms with Crippen molar-refractivity contribution in [2.45, 2.75) is 182 Å². The van der Waals surface area contributed by atoms with Crippen LogP contribution in [-0.2, 0) is 28.5 Å². The third-order valence-electron chi connectivity index (χ3n) is 8.21. The van der Waals surface area contributed by atoms with E-state index in [1.54, 1.807) is 0 Å². The Morgan fingerprint density at radius 1 is 0.295 bits per heavy atom. The van der Waals surface area contributed by atoms with Crippen LogP contribution in [0.3, 0.4) is 0 Å². The second kappa shape index (κ2) is 28.5. The zero-order valence-electron chi connectivity index (χ0n) is 29.2. The second-order valence-electron chi connectivity index (χ2n) is 12.4. The van der Waals surface area contributed by atoms with Gasteiger partial charge in [-0.05, 0) is 25.7 Å². The molecule has 0 spiro atoms. The number of ether oxygens (including phenoxy) is 4. The summed E-state index contributed by atoms with van der Waals surface area (Å²) >= 11 is 0. The van der Waals surface area contributed by atoms with E-state index >= 15 is 0 Å². The minimum absolute atomic E-state index is 0.000553. The van der Waals surface area contributed by atoms with Crippen LogP contribution in [0.1, 0.15) is 182 Å². The molecule has 0 aromatic rings. The first kappa shape index (κ1) is 40.0. The molecule has 0 aliphatic heterocycles. The summed E-state index contributed by atoms with van der Waals surface area (Å²) in [7, 11) is 0. The molecule has 1 aliphatic carbocycles. The first-order chi connectivity index (χ1) is 21.6. The minimum atomic E-state index is -0.419. The number of carbonyl (C=O) groups excluding carboxylic acids is 2. The quantitative estimate of drug-likeness (QED) is 0.0550. The lowest BCUT2D eigenvalue weighted by molar-refractivity contribution is -0.127. The lowest BCUT2D eigenvalue weighted by atomic mass is 10.0. The summed E-state index contributed by atoms with van der Waals surface area (Å²) in [6, 6.07) is 0. The summed E-state index contributed by atoms with van der Waals surface area (Å²) in [5.41, 5.74) is 0. The Kier molecular flexibility index (Phi) is 25.9. The van der Waals surface area contributed by atoms with Crippen LogP contribution in [-0.4, -0.2) is 38.0 Å². The molecule has 0 aromatic carbocycles. The number of carbonyl (C=O) groups is 2. The fourth-order valence-electron chi connectivity index (χ4n) is 5.37. The smallest absolute Gasteiger partial charge is 0.270 e. The first-order valence-electron chi connectivity index (χ1n) is 18.7. The van der Waals surface area contributed by atoms with E-state index in [1.807, 2.05) is 0 Å². The molecule has 0 heterocycles. The molecule has 0 saturated heterocycles. The number of rotatable bonds is 32. The summed E-state index contributed by atoms with van der Waals surface area (Å²) in [5.74, 6) is -0.840. The third kappa shape index (κ3) is 18.1. The highest BCUT2D eigenvalue weighted by molar-refractivity contribution is 6.21. The Morgan fingerprint density at radius 2 is 0.477 bits per heavy atom. The summed E-state index contributed by atoms with van der Waals surface area (Å²) in [6.45, 7) is 10.3. The average molecular weight is 621 g/mol. The Hall–Kier alpha value is -1.98. The van der Waals surface area contributed by atoms with E-state index < -0.39 is 11.6 Å². The van der Waals surface area contributed by atoms with E-state index in [9.17, 15) is 9.59 Å². The van der Waals surface area contributed by atoms with Crippen molar-refractivity contribution in [1.82, 2.24) is 0 Å². The molecule has 1 rings (SSSR count). The van der Waals surface area contributed by atoms with Crippen molar-refractivity contribution in [1.29, 1.82) is 0 Å².